The van der Waals surface area contributed by atoms with Crippen LogP contribution in [0.4, 0.5) is 5.69 Å². The van der Waals surface area contributed by atoms with E-state index in [2.05, 4.69) is 9.82 Å². The number of nitrogens with one attached hydrogen (secondary N) is 1. The second kappa shape index (κ2) is 4.71. The summed E-state index contributed by atoms with van der Waals surface area (Å²) in [5, 5.41) is 3.91. The van der Waals surface area contributed by atoms with E-state index in [1.807, 2.05) is 0 Å². The number of nitrogens with zero attached hydrogens (tertiary/aromatic N) is 2. The highest BCUT2D eigenvalue weighted by Crippen LogP contribution is 2.26. The Hall–Kier alpha value is -1.38. The Kier molecular flexibility index (Phi) is 3.42. The highest BCUT2D eigenvalue weighted by Gasteiger charge is 2.20. The molecule has 18 heavy (non-hydrogen) atoms. The van der Waals surface area contributed by atoms with Crippen molar-refractivity contribution in [2.75, 3.05) is 4.72 Å². The molecule has 2 rings (SSSR count). The van der Waals surface area contributed by atoms with Crippen molar-refractivity contribution in [3.8, 4) is 0 Å². The van der Waals surface area contributed by atoms with Crippen molar-refractivity contribution in [3.63, 3.8) is 0 Å². The van der Waals surface area contributed by atoms with Gasteiger partial charge in [0, 0.05) is 29.5 Å². The van der Waals surface area contributed by atoms with E-state index < -0.39 is 10.0 Å². The largest absolute Gasteiger partial charge is 0.326 e. The van der Waals surface area contributed by atoms with Crippen molar-refractivity contribution in [3.05, 3.63) is 28.2 Å². The van der Waals surface area contributed by atoms with Gasteiger partial charge < -0.3 is 5.73 Å². The smallest absolute Gasteiger partial charge is 0.263 e. The third-order valence-electron chi connectivity index (χ3n) is 2.37. The van der Waals surface area contributed by atoms with Gasteiger partial charge >= 0.3 is 0 Å². The first kappa shape index (κ1) is 13.1. The zero-order valence-electron chi connectivity index (χ0n) is 10.0. The lowest BCUT2D eigenvalue weighted by molar-refractivity contribution is 0.601. The predicted octanol–water partition coefficient (Wildman–Crippen LogP) is 1.05. The zero-order valence-corrected chi connectivity index (χ0v) is 11.7. The summed E-state index contributed by atoms with van der Waals surface area (Å²) in [6, 6.07) is 1.61. The molecule has 0 radical (unpaired) electrons. The van der Waals surface area contributed by atoms with Gasteiger partial charge in [-0.3, -0.25) is 9.40 Å². The van der Waals surface area contributed by atoms with E-state index in [0.29, 0.717) is 12.2 Å². The fraction of sp³-hybridized carbons (Fsp3) is 0.300. The van der Waals surface area contributed by atoms with E-state index in [-0.39, 0.29) is 4.90 Å². The normalized spacial score (nSPS) is 11.7. The molecule has 0 spiro atoms. The maximum absolute atomic E-state index is 12.2. The van der Waals surface area contributed by atoms with Crippen LogP contribution in [0, 0.1) is 6.92 Å². The van der Waals surface area contributed by atoms with E-state index in [4.69, 9.17) is 5.73 Å². The second-order valence-electron chi connectivity index (χ2n) is 3.85. The van der Waals surface area contributed by atoms with Crippen molar-refractivity contribution >= 4 is 27.0 Å². The topological polar surface area (TPSA) is 90.0 Å². The van der Waals surface area contributed by atoms with Crippen LogP contribution in [0.25, 0.3) is 0 Å². The minimum Gasteiger partial charge on any atom is -0.326 e. The Balaban J connectivity index is 2.33. The number of anilines is 1. The maximum atomic E-state index is 12.2. The summed E-state index contributed by atoms with van der Waals surface area (Å²) in [4.78, 5) is 1.85. The second-order valence-corrected chi connectivity index (χ2v) is 6.84. The van der Waals surface area contributed by atoms with Gasteiger partial charge in [0.25, 0.3) is 10.0 Å². The van der Waals surface area contributed by atoms with Gasteiger partial charge in [-0.05, 0) is 13.0 Å². The number of thiophene rings is 1. The van der Waals surface area contributed by atoms with Crippen molar-refractivity contribution in [2.45, 2.75) is 18.4 Å². The van der Waals surface area contributed by atoms with Crippen molar-refractivity contribution in [1.82, 2.24) is 9.78 Å². The molecule has 0 unspecified atom stereocenters. The van der Waals surface area contributed by atoms with Crippen LogP contribution >= 0.6 is 11.3 Å². The molecule has 2 aromatic heterocycles. The summed E-state index contributed by atoms with van der Waals surface area (Å²) in [6.07, 6.45) is 3.06. The van der Waals surface area contributed by atoms with E-state index >= 15 is 0 Å². The molecular formula is C10H14N4O2S2. The fourth-order valence-electron chi connectivity index (χ4n) is 1.58. The van der Waals surface area contributed by atoms with Gasteiger partial charge in [-0.15, -0.1) is 11.3 Å². The lowest BCUT2D eigenvalue weighted by Crippen LogP contribution is -2.12. The number of aryl methyl sites for hydroxylation is 2. The molecular weight excluding hydrogens is 272 g/mol. The number of nitrogens with two attached hydrogens (primary N) is 1. The number of rotatable bonds is 4. The summed E-state index contributed by atoms with van der Waals surface area (Å²) < 4.78 is 28.4. The molecule has 0 amide bonds. The highest BCUT2D eigenvalue weighted by atomic mass is 32.2. The Labute approximate surface area is 109 Å². The number of hydrogen-bond donors (Lipinski definition) is 2. The van der Waals surface area contributed by atoms with Crippen molar-refractivity contribution in [1.29, 1.82) is 0 Å². The van der Waals surface area contributed by atoms with Crippen LogP contribution in [0.1, 0.15) is 9.75 Å². The summed E-state index contributed by atoms with van der Waals surface area (Å²) in [5.74, 6) is 0. The zero-order chi connectivity index (χ0) is 13.3. The van der Waals surface area contributed by atoms with Gasteiger partial charge in [0.1, 0.15) is 4.90 Å². The van der Waals surface area contributed by atoms with Crippen molar-refractivity contribution < 1.29 is 8.42 Å². The van der Waals surface area contributed by atoms with Gasteiger partial charge in [0.2, 0.25) is 0 Å². The van der Waals surface area contributed by atoms with Crippen LogP contribution in [-0.4, -0.2) is 18.2 Å². The van der Waals surface area contributed by atoms with Crippen LogP contribution in [0.3, 0.4) is 0 Å². The average molecular weight is 286 g/mol. The molecule has 2 heterocycles. The number of hydrogen-bond acceptors (Lipinski definition) is 5. The molecule has 3 N–H and O–H groups in total. The quantitative estimate of drug-likeness (QED) is 0.879. The van der Waals surface area contributed by atoms with Gasteiger partial charge in [-0.2, -0.15) is 5.10 Å². The average Bonchev–Trinajstić information content (AvgIpc) is 2.84. The molecule has 0 aromatic carbocycles. The Morgan fingerprint density at radius 2 is 2.28 bits per heavy atom. The van der Waals surface area contributed by atoms with E-state index in [1.165, 1.54) is 22.2 Å². The lowest BCUT2D eigenvalue weighted by Gasteiger charge is -2.04. The molecule has 0 aliphatic rings. The van der Waals surface area contributed by atoms with E-state index in [9.17, 15) is 8.42 Å². The molecule has 0 bridgehead atoms. The monoisotopic (exact) mass is 286 g/mol. The minimum absolute atomic E-state index is 0.275. The molecule has 0 saturated heterocycles. The molecule has 0 aliphatic carbocycles. The van der Waals surface area contributed by atoms with E-state index in [0.717, 1.165) is 9.75 Å². The van der Waals surface area contributed by atoms with Crippen molar-refractivity contribution in [2.24, 2.45) is 12.8 Å². The highest BCUT2D eigenvalue weighted by molar-refractivity contribution is 7.93. The summed E-state index contributed by atoms with van der Waals surface area (Å²) in [6.45, 7) is 2.11. The first-order chi connectivity index (χ1) is 8.42. The minimum atomic E-state index is -3.57. The third-order valence-corrected chi connectivity index (χ3v) is 5.08. The Morgan fingerprint density at radius 3 is 2.78 bits per heavy atom. The summed E-state index contributed by atoms with van der Waals surface area (Å²) >= 11 is 1.39. The first-order valence-electron chi connectivity index (χ1n) is 5.23. The molecule has 0 saturated carbocycles. The molecule has 0 aliphatic heterocycles. The SMILES string of the molecule is Cc1sc(CN)cc1S(=O)(=O)Nc1cnn(C)c1. The van der Waals surface area contributed by atoms with Crippen LogP contribution in [0.15, 0.2) is 23.4 Å². The fourth-order valence-corrected chi connectivity index (χ4v) is 4.12. The summed E-state index contributed by atoms with van der Waals surface area (Å²) in [5.41, 5.74) is 5.96. The Bertz CT molecular complexity index is 657. The van der Waals surface area contributed by atoms with Crippen LogP contribution in [0.2, 0.25) is 0 Å². The molecule has 0 fully saturated rings. The molecule has 6 nitrogen and oxygen atoms in total. The van der Waals surface area contributed by atoms with Crippen LogP contribution in [-0.2, 0) is 23.6 Å². The van der Waals surface area contributed by atoms with Gasteiger partial charge in [0.05, 0.1) is 11.9 Å². The van der Waals surface area contributed by atoms with Crippen LogP contribution in [0.5, 0.6) is 0 Å². The summed E-state index contributed by atoms with van der Waals surface area (Å²) in [7, 11) is -1.85. The van der Waals surface area contributed by atoms with E-state index in [1.54, 1.807) is 26.2 Å². The standard InChI is InChI=1S/C10H14N4O2S2/c1-7-10(3-9(4-11)17-7)18(15,16)13-8-5-12-14(2)6-8/h3,5-6,13H,4,11H2,1-2H3. The Morgan fingerprint density at radius 1 is 1.56 bits per heavy atom. The molecule has 98 valence electrons. The molecule has 8 heteroatoms. The molecule has 0 atom stereocenters. The van der Waals surface area contributed by atoms with Gasteiger partial charge in [-0.1, -0.05) is 0 Å². The predicted molar refractivity (Wildman–Crippen MR) is 71.0 cm³/mol. The van der Waals surface area contributed by atoms with Crippen LogP contribution < -0.4 is 10.5 Å². The van der Waals surface area contributed by atoms with Gasteiger partial charge in [-0.25, -0.2) is 8.42 Å². The number of aromatic nitrogens is 2. The molecule has 2 aromatic rings. The third kappa shape index (κ3) is 2.55. The lowest BCUT2D eigenvalue weighted by atomic mass is 10.4. The van der Waals surface area contributed by atoms with Gasteiger partial charge in [0.15, 0.2) is 0 Å². The first-order valence-corrected chi connectivity index (χ1v) is 7.53. The number of sulfonamides is 1. The maximum Gasteiger partial charge on any atom is 0.263 e.